The predicted molar refractivity (Wildman–Crippen MR) is 78.7 cm³/mol. The van der Waals surface area contributed by atoms with Crippen LogP contribution in [0.2, 0.25) is 0 Å². The molecule has 0 saturated heterocycles. The molecule has 0 aliphatic heterocycles. The second-order valence-electron chi connectivity index (χ2n) is 4.57. The molecule has 0 atom stereocenters. The molecule has 0 aromatic heterocycles. The molecule has 0 saturated carbocycles. The fraction of sp³-hybridized carbons (Fsp3) is 0.412. The van der Waals surface area contributed by atoms with Crippen LogP contribution in [0.5, 0.6) is 0 Å². The third kappa shape index (κ3) is 7.60. The van der Waals surface area contributed by atoms with E-state index in [1.54, 1.807) is 7.11 Å². The van der Waals surface area contributed by atoms with Crippen LogP contribution in [-0.2, 0) is 11.2 Å². The molecule has 1 rings (SSSR count). The summed E-state index contributed by atoms with van der Waals surface area (Å²) in [5.41, 5.74) is 2.55. The summed E-state index contributed by atoms with van der Waals surface area (Å²) in [6, 6.07) is 8.36. The Bertz CT molecular complexity index is 413. The third-order valence-electron chi connectivity index (χ3n) is 3.11. The van der Waals surface area contributed by atoms with Crippen LogP contribution >= 0.6 is 0 Å². The fourth-order valence-electron chi connectivity index (χ4n) is 1.95. The van der Waals surface area contributed by atoms with Crippen molar-refractivity contribution in [1.29, 1.82) is 0 Å². The summed E-state index contributed by atoms with van der Waals surface area (Å²) in [5, 5.41) is 10.4. The number of allylic oxidation sites excluding steroid dienone is 1. The van der Waals surface area contributed by atoms with Crippen LogP contribution < -0.4 is 24.0 Å². The van der Waals surface area contributed by atoms with Crippen LogP contribution in [0.25, 0.3) is 6.08 Å². The van der Waals surface area contributed by atoms with Gasteiger partial charge in [-0.05, 0) is 30.0 Å². The molecule has 0 aliphatic carbocycles. The summed E-state index contributed by atoms with van der Waals surface area (Å²) in [4.78, 5) is 0. The number of ether oxygens (including phenoxy) is 1. The molecule has 0 radical (unpaired) electrons. The standard InChI is InChI=1S/C17H23O2.Li/c1-15(19-2)12-13-17-11-7-6-10-16(17)9-5-3-4-8-14-18;/h6-7,10-13H,1,3-5,8-9,14H2,2H3;/q-1;+1/b13-12+;. The Kier molecular flexibility index (Phi) is 11.3. The van der Waals surface area contributed by atoms with E-state index in [1.807, 2.05) is 18.2 Å². The van der Waals surface area contributed by atoms with Gasteiger partial charge in [-0.1, -0.05) is 56.2 Å². The van der Waals surface area contributed by atoms with Crippen molar-refractivity contribution in [2.24, 2.45) is 0 Å². The van der Waals surface area contributed by atoms with E-state index in [1.165, 1.54) is 11.1 Å². The van der Waals surface area contributed by atoms with Gasteiger partial charge < -0.3 is 9.84 Å². The SMILES string of the molecule is C=C(/C=C/c1ccccc1CCCCCC[O-])OC.[Li+]. The maximum Gasteiger partial charge on any atom is 1.00 e. The Morgan fingerprint density at radius 2 is 1.90 bits per heavy atom. The Hall–Kier alpha value is -0.943. The van der Waals surface area contributed by atoms with Gasteiger partial charge in [0, 0.05) is 0 Å². The quantitative estimate of drug-likeness (QED) is 0.279. The first-order valence-electron chi connectivity index (χ1n) is 6.85. The average Bonchev–Trinajstić information content (AvgIpc) is 2.45. The van der Waals surface area contributed by atoms with E-state index in [-0.39, 0.29) is 25.5 Å². The molecule has 0 fully saturated rings. The number of unbranched alkanes of at least 4 members (excludes halogenated alkanes) is 3. The summed E-state index contributed by atoms with van der Waals surface area (Å²) in [5.74, 6) is 0.658. The zero-order valence-corrected chi connectivity index (χ0v) is 12.7. The zero-order chi connectivity index (χ0) is 13.9. The Balaban J connectivity index is 0.00000361. The van der Waals surface area contributed by atoms with Crippen molar-refractivity contribution < 1.29 is 28.7 Å². The first-order valence-corrected chi connectivity index (χ1v) is 6.85. The van der Waals surface area contributed by atoms with E-state index in [2.05, 4.69) is 24.8 Å². The van der Waals surface area contributed by atoms with Crippen molar-refractivity contribution in [3.05, 3.63) is 53.8 Å². The van der Waals surface area contributed by atoms with Crippen LogP contribution in [0.3, 0.4) is 0 Å². The molecule has 0 aliphatic rings. The minimum Gasteiger partial charge on any atom is -0.854 e. The molecular weight excluding hydrogens is 243 g/mol. The van der Waals surface area contributed by atoms with Gasteiger partial charge in [-0.2, -0.15) is 0 Å². The van der Waals surface area contributed by atoms with Gasteiger partial charge in [-0.25, -0.2) is 0 Å². The molecule has 3 heteroatoms. The predicted octanol–water partition coefficient (Wildman–Crippen LogP) is 0.327. The maximum absolute atomic E-state index is 10.4. The summed E-state index contributed by atoms with van der Waals surface area (Å²) >= 11 is 0. The summed E-state index contributed by atoms with van der Waals surface area (Å²) in [6.45, 7) is 3.83. The normalized spacial score (nSPS) is 10.3. The number of benzene rings is 1. The Morgan fingerprint density at radius 1 is 1.20 bits per heavy atom. The molecule has 1 aromatic carbocycles. The fourth-order valence-corrected chi connectivity index (χ4v) is 1.95. The molecule has 1 aromatic rings. The first kappa shape index (κ1) is 19.1. The Labute approximate surface area is 134 Å². The van der Waals surface area contributed by atoms with Gasteiger partial charge in [0.15, 0.2) is 0 Å². The number of aryl methyl sites for hydroxylation is 1. The summed E-state index contributed by atoms with van der Waals surface area (Å²) in [7, 11) is 1.62. The van der Waals surface area contributed by atoms with Gasteiger partial charge in [-0.15, -0.1) is 6.61 Å². The van der Waals surface area contributed by atoms with Crippen molar-refractivity contribution in [3.63, 3.8) is 0 Å². The third-order valence-corrected chi connectivity index (χ3v) is 3.11. The molecule has 0 spiro atoms. The topological polar surface area (TPSA) is 32.3 Å². The first-order chi connectivity index (χ1) is 9.27. The number of methoxy groups -OCH3 is 1. The van der Waals surface area contributed by atoms with E-state index in [9.17, 15) is 5.11 Å². The van der Waals surface area contributed by atoms with Gasteiger partial charge in [0.05, 0.1) is 7.11 Å². The smallest absolute Gasteiger partial charge is 0.854 e. The second kappa shape index (κ2) is 11.8. The van der Waals surface area contributed by atoms with Crippen molar-refractivity contribution in [1.82, 2.24) is 0 Å². The van der Waals surface area contributed by atoms with Crippen LogP contribution in [0.4, 0.5) is 0 Å². The zero-order valence-electron chi connectivity index (χ0n) is 12.7. The molecule has 0 N–H and O–H groups in total. The minimum absolute atomic E-state index is 0. The number of hydrogen-bond donors (Lipinski definition) is 0. The molecule has 104 valence electrons. The van der Waals surface area contributed by atoms with Crippen LogP contribution in [0.15, 0.2) is 42.7 Å². The van der Waals surface area contributed by atoms with Crippen molar-refractivity contribution >= 4 is 6.08 Å². The molecule has 0 amide bonds. The summed E-state index contributed by atoms with van der Waals surface area (Å²) < 4.78 is 5.03. The van der Waals surface area contributed by atoms with E-state index in [0.29, 0.717) is 5.76 Å². The average molecular weight is 266 g/mol. The van der Waals surface area contributed by atoms with E-state index < -0.39 is 0 Å². The van der Waals surface area contributed by atoms with Gasteiger partial charge in [-0.3, -0.25) is 0 Å². The molecule has 20 heavy (non-hydrogen) atoms. The largest absolute Gasteiger partial charge is 1.00 e. The molecule has 0 unspecified atom stereocenters. The Morgan fingerprint density at radius 3 is 2.60 bits per heavy atom. The van der Waals surface area contributed by atoms with Crippen molar-refractivity contribution in [2.75, 3.05) is 13.7 Å². The number of rotatable bonds is 9. The summed E-state index contributed by atoms with van der Waals surface area (Å²) in [6.07, 6.45) is 9.09. The van der Waals surface area contributed by atoms with E-state index >= 15 is 0 Å². The minimum atomic E-state index is 0. The molecule has 0 bridgehead atoms. The second-order valence-corrected chi connectivity index (χ2v) is 4.57. The van der Waals surface area contributed by atoms with Crippen molar-refractivity contribution in [2.45, 2.75) is 32.1 Å². The number of hydrogen-bond acceptors (Lipinski definition) is 2. The molecule has 2 nitrogen and oxygen atoms in total. The van der Waals surface area contributed by atoms with E-state index in [4.69, 9.17) is 4.74 Å². The van der Waals surface area contributed by atoms with Crippen LogP contribution in [-0.4, -0.2) is 13.7 Å². The van der Waals surface area contributed by atoms with Crippen molar-refractivity contribution in [3.8, 4) is 0 Å². The monoisotopic (exact) mass is 266 g/mol. The van der Waals surface area contributed by atoms with E-state index in [0.717, 1.165) is 32.1 Å². The van der Waals surface area contributed by atoms with Crippen LogP contribution in [0, 0.1) is 0 Å². The van der Waals surface area contributed by atoms with Gasteiger partial charge in [0.1, 0.15) is 5.76 Å². The van der Waals surface area contributed by atoms with Gasteiger partial charge >= 0.3 is 18.9 Å². The van der Waals surface area contributed by atoms with Crippen LogP contribution in [0.1, 0.15) is 36.8 Å². The van der Waals surface area contributed by atoms with Gasteiger partial charge in [0.2, 0.25) is 0 Å². The van der Waals surface area contributed by atoms with Gasteiger partial charge in [0.25, 0.3) is 0 Å². The maximum atomic E-state index is 10.4. The molecular formula is C17H23LiO2. The molecule has 0 heterocycles.